The molecular formula is C19H22N2O6S. The van der Waals surface area contributed by atoms with Crippen LogP contribution in [-0.2, 0) is 24.2 Å². The third-order valence-corrected chi connectivity index (χ3v) is 6.15. The lowest BCUT2D eigenvalue weighted by atomic mass is 10.1. The minimum Gasteiger partial charge on any atom is -0.497 e. The van der Waals surface area contributed by atoms with Crippen LogP contribution in [0.25, 0.3) is 6.08 Å². The third kappa shape index (κ3) is 5.57. The van der Waals surface area contributed by atoms with Gasteiger partial charge >= 0.3 is 5.97 Å². The normalized spacial score (nSPS) is 18.2. The van der Waals surface area contributed by atoms with Crippen LogP contribution in [0.2, 0.25) is 0 Å². The van der Waals surface area contributed by atoms with Crippen molar-refractivity contribution in [3.63, 3.8) is 0 Å². The van der Waals surface area contributed by atoms with Crippen LogP contribution in [-0.4, -0.2) is 63.0 Å². The molecule has 150 valence electrons. The molecule has 1 atom stereocenters. The molecule has 8 nitrogen and oxygen atoms in total. The van der Waals surface area contributed by atoms with Crippen LogP contribution < -0.4 is 4.74 Å². The number of likely N-dealkylation sites (N-methyl/N-ethyl adjacent to an activating group) is 1. The molecule has 1 fully saturated rings. The van der Waals surface area contributed by atoms with Gasteiger partial charge in [-0.05, 0) is 37.1 Å². The van der Waals surface area contributed by atoms with E-state index in [9.17, 15) is 23.3 Å². The zero-order valence-corrected chi connectivity index (χ0v) is 16.6. The molecule has 1 aliphatic rings. The number of benzene rings is 1. The monoisotopic (exact) mass is 406 g/mol. The fourth-order valence-electron chi connectivity index (χ4n) is 2.95. The summed E-state index contributed by atoms with van der Waals surface area (Å²) in [5, 5.41) is 9.20. The Labute approximate surface area is 164 Å². The molecule has 1 amide bonds. The van der Waals surface area contributed by atoms with Gasteiger partial charge in [0.15, 0.2) is 16.4 Å². The van der Waals surface area contributed by atoms with Crippen LogP contribution in [0.4, 0.5) is 0 Å². The predicted octanol–water partition coefficient (Wildman–Crippen LogP) is 1.18. The number of nitrogens with zero attached hydrogens (tertiary/aromatic N) is 2. The molecule has 2 rings (SSSR count). The first-order chi connectivity index (χ1) is 13.3. The van der Waals surface area contributed by atoms with Crippen LogP contribution in [0.5, 0.6) is 5.75 Å². The minimum atomic E-state index is -3.14. The summed E-state index contributed by atoms with van der Waals surface area (Å²) in [5.41, 5.74) is 0.358. The highest BCUT2D eigenvalue weighted by molar-refractivity contribution is 7.91. The fraction of sp³-hybridized carbons (Fsp3) is 0.421. The largest absolute Gasteiger partial charge is 0.497 e. The summed E-state index contributed by atoms with van der Waals surface area (Å²) in [5.74, 6) is -0.801. The summed E-state index contributed by atoms with van der Waals surface area (Å²) >= 11 is 0. The molecule has 0 spiro atoms. The Hall–Kier alpha value is -2.86. The molecule has 1 unspecified atom stereocenters. The number of nitriles is 1. The number of methoxy groups -OCH3 is 1. The molecule has 1 saturated heterocycles. The summed E-state index contributed by atoms with van der Waals surface area (Å²) in [4.78, 5) is 25.9. The third-order valence-electron chi connectivity index (χ3n) is 4.40. The summed E-state index contributed by atoms with van der Waals surface area (Å²) in [6, 6.07) is 8.07. The molecule has 9 heteroatoms. The van der Waals surface area contributed by atoms with Gasteiger partial charge in [0.25, 0.3) is 5.91 Å². The molecule has 28 heavy (non-hydrogen) atoms. The van der Waals surface area contributed by atoms with Gasteiger partial charge in [-0.3, -0.25) is 4.79 Å². The summed E-state index contributed by atoms with van der Waals surface area (Å²) in [7, 11) is -1.61. The molecule has 0 N–H and O–H groups in total. The number of carbonyl (C=O) groups is 2. The van der Waals surface area contributed by atoms with Crippen molar-refractivity contribution in [2.75, 3.05) is 31.8 Å². The summed E-state index contributed by atoms with van der Waals surface area (Å²) in [6.45, 7) is 1.49. The van der Waals surface area contributed by atoms with Crippen LogP contribution in [0.15, 0.2) is 29.8 Å². The van der Waals surface area contributed by atoms with Crippen LogP contribution >= 0.6 is 0 Å². The molecule has 1 aromatic rings. The maximum absolute atomic E-state index is 12.4. The lowest BCUT2D eigenvalue weighted by molar-refractivity contribution is -0.149. The zero-order chi connectivity index (χ0) is 20.7. The number of amides is 1. The SMILES string of the molecule is CCN(C(=O)COC(=O)/C(C#N)=C/c1ccc(OC)cc1)C1CCS(=O)(=O)C1. The van der Waals surface area contributed by atoms with Crippen molar-refractivity contribution in [2.45, 2.75) is 19.4 Å². The Morgan fingerprint density at radius 2 is 2.00 bits per heavy atom. The van der Waals surface area contributed by atoms with E-state index < -0.39 is 34.4 Å². The highest BCUT2D eigenvalue weighted by Gasteiger charge is 2.34. The number of ether oxygens (including phenoxy) is 2. The van der Waals surface area contributed by atoms with Gasteiger partial charge in [0.1, 0.15) is 17.4 Å². The number of carbonyl (C=O) groups excluding carboxylic acids is 2. The topological polar surface area (TPSA) is 114 Å². The number of hydrogen-bond acceptors (Lipinski definition) is 7. The minimum absolute atomic E-state index is 0.0460. The van der Waals surface area contributed by atoms with Gasteiger partial charge in [0.2, 0.25) is 0 Å². The Morgan fingerprint density at radius 3 is 2.50 bits per heavy atom. The number of hydrogen-bond donors (Lipinski definition) is 0. The zero-order valence-electron chi connectivity index (χ0n) is 15.8. The van der Waals surface area contributed by atoms with Gasteiger partial charge in [-0.15, -0.1) is 0 Å². The van der Waals surface area contributed by atoms with E-state index in [4.69, 9.17) is 9.47 Å². The van der Waals surface area contributed by atoms with E-state index >= 15 is 0 Å². The van der Waals surface area contributed by atoms with Crippen molar-refractivity contribution >= 4 is 27.8 Å². The lowest BCUT2D eigenvalue weighted by Gasteiger charge is -2.26. The van der Waals surface area contributed by atoms with Crippen molar-refractivity contribution in [2.24, 2.45) is 0 Å². The van der Waals surface area contributed by atoms with E-state index in [1.807, 2.05) is 0 Å². The van der Waals surface area contributed by atoms with Gasteiger partial charge in [-0.1, -0.05) is 12.1 Å². The van der Waals surface area contributed by atoms with Crippen molar-refractivity contribution in [1.82, 2.24) is 4.90 Å². The molecular weight excluding hydrogens is 384 g/mol. The van der Waals surface area contributed by atoms with Crippen molar-refractivity contribution in [1.29, 1.82) is 5.26 Å². The van der Waals surface area contributed by atoms with E-state index in [1.165, 1.54) is 18.1 Å². The summed E-state index contributed by atoms with van der Waals surface area (Å²) in [6.07, 6.45) is 1.73. The van der Waals surface area contributed by atoms with Gasteiger partial charge in [0.05, 0.1) is 18.6 Å². The fourth-order valence-corrected chi connectivity index (χ4v) is 4.68. The Bertz CT molecular complexity index is 899. The number of rotatable bonds is 7. The molecule has 0 aromatic heterocycles. The summed E-state index contributed by atoms with van der Waals surface area (Å²) < 4.78 is 33.3. The van der Waals surface area contributed by atoms with E-state index in [1.54, 1.807) is 37.3 Å². The standard InChI is InChI=1S/C19H22N2O6S/c1-3-21(16-8-9-28(24,25)13-16)18(22)12-27-19(23)15(11-20)10-14-4-6-17(26-2)7-5-14/h4-7,10,16H,3,8-9,12-13H2,1-2H3/b15-10+. The van der Waals surface area contributed by atoms with Crippen LogP contribution in [0, 0.1) is 11.3 Å². The second-order valence-corrected chi connectivity index (χ2v) is 8.48. The lowest BCUT2D eigenvalue weighted by Crippen LogP contribution is -2.43. The average Bonchev–Trinajstić information content (AvgIpc) is 3.04. The first-order valence-electron chi connectivity index (χ1n) is 8.72. The first kappa shape index (κ1) is 21.4. The van der Waals surface area contributed by atoms with E-state index in [0.29, 0.717) is 24.3 Å². The van der Waals surface area contributed by atoms with Crippen LogP contribution in [0.1, 0.15) is 18.9 Å². The Kier molecular flexibility index (Phi) is 7.18. The average molecular weight is 406 g/mol. The van der Waals surface area contributed by atoms with E-state index in [0.717, 1.165) is 0 Å². The smallest absolute Gasteiger partial charge is 0.349 e. The molecule has 0 saturated carbocycles. The maximum Gasteiger partial charge on any atom is 0.349 e. The second-order valence-electron chi connectivity index (χ2n) is 6.26. The highest BCUT2D eigenvalue weighted by atomic mass is 32.2. The van der Waals surface area contributed by atoms with Crippen molar-refractivity contribution < 1.29 is 27.5 Å². The van der Waals surface area contributed by atoms with Gasteiger partial charge in [-0.25, -0.2) is 13.2 Å². The van der Waals surface area contributed by atoms with Gasteiger partial charge < -0.3 is 14.4 Å². The Morgan fingerprint density at radius 1 is 1.32 bits per heavy atom. The first-order valence-corrected chi connectivity index (χ1v) is 10.5. The van der Waals surface area contributed by atoms with Gasteiger partial charge in [-0.2, -0.15) is 5.26 Å². The molecule has 1 heterocycles. The molecule has 0 radical (unpaired) electrons. The van der Waals surface area contributed by atoms with E-state index in [2.05, 4.69) is 0 Å². The number of esters is 1. The highest BCUT2D eigenvalue weighted by Crippen LogP contribution is 2.18. The number of sulfone groups is 1. The predicted molar refractivity (Wildman–Crippen MR) is 102 cm³/mol. The second kappa shape index (κ2) is 9.37. The molecule has 0 bridgehead atoms. The molecule has 0 aliphatic carbocycles. The maximum atomic E-state index is 12.4. The Balaban J connectivity index is 1.99. The van der Waals surface area contributed by atoms with Crippen molar-refractivity contribution in [3.8, 4) is 11.8 Å². The quantitative estimate of drug-likeness (QED) is 0.379. The molecule has 1 aromatic carbocycles. The van der Waals surface area contributed by atoms with Crippen molar-refractivity contribution in [3.05, 3.63) is 35.4 Å². The van der Waals surface area contributed by atoms with Gasteiger partial charge in [0, 0.05) is 12.6 Å². The van der Waals surface area contributed by atoms with E-state index in [-0.39, 0.29) is 17.1 Å². The van der Waals surface area contributed by atoms with Crippen LogP contribution in [0.3, 0.4) is 0 Å². The molecule has 1 aliphatic heterocycles.